The van der Waals surface area contributed by atoms with Crippen LogP contribution >= 0.6 is 0 Å². The van der Waals surface area contributed by atoms with Gasteiger partial charge in [0.05, 0.1) is 11.8 Å². The molecular weight excluding hydrogens is 262 g/mol. The third kappa shape index (κ3) is 3.20. The number of urea groups is 1. The van der Waals surface area contributed by atoms with E-state index in [0.717, 1.165) is 12.8 Å². The van der Waals surface area contributed by atoms with Gasteiger partial charge >= 0.3 is 12.0 Å². The summed E-state index contributed by atoms with van der Waals surface area (Å²) >= 11 is 0. The van der Waals surface area contributed by atoms with Gasteiger partial charge in [-0.3, -0.25) is 9.59 Å². The van der Waals surface area contributed by atoms with Gasteiger partial charge in [-0.05, 0) is 25.7 Å². The second-order valence-corrected chi connectivity index (χ2v) is 5.62. The molecule has 2 fully saturated rings. The molecule has 0 aromatic heterocycles. The number of carbonyl (C=O) groups excluding carboxylic acids is 2. The number of hydrogen-bond donors (Lipinski definition) is 3. The molecule has 1 aliphatic carbocycles. The molecule has 1 heterocycles. The Morgan fingerprint density at radius 2 is 1.90 bits per heavy atom. The Hall–Kier alpha value is -1.79. The Labute approximate surface area is 117 Å². The van der Waals surface area contributed by atoms with E-state index in [9.17, 15) is 14.4 Å². The van der Waals surface area contributed by atoms with E-state index < -0.39 is 11.9 Å². The highest BCUT2D eigenvalue weighted by Crippen LogP contribution is 2.26. The second-order valence-electron chi connectivity index (χ2n) is 5.62. The third-order valence-electron chi connectivity index (χ3n) is 4.25. The molecule has 2 rings (SSSR count). The summed E-state index contributed by atoms with van der Waals surface area (Å²) in [5, 5.41) is 11.9. The summed E-state index contributed by atoms with van der Waals surface area (Å²) in [5.74, 6) is -2.04. The number of rotatable bonds is 3. The molecule has 112 valence electrons. The van der Waals surface area contributed by atoms with E-state index >= 15 is 0 Å². The fourth-order valence-electron chi connectivity index (χ4n) is 3.07. The highest BCUT2D eigenvalue weighted by molar-refractivity contribution is 5.80. The maximum Gasteiger partial charge on any atom is 0.317 e. The van der Waals surface area contributed by atoms with E-state index in [2.05, 4.69) is 5.32 Å². The van der Waals surface area contributed by atoms with Crippen molar-refractivity contribution in [3.8, 4) is 0 Å². The Morgan fingerprint density at radius 3 is 2.55 bits per heavy atom. The van der Waals surface area contributed by atoms with Gasteiger partial charge in [0.25, 0.3) is 0 Å². The second kappa shape index (κ2) is 6.11. The minimum absolute atomic E-state index is 0.283. The van der Waals surface area contributed by atoms with E-state index in [1.165, 1.54) is 0 Å². The third-order valence-corrected chi connectivity index (χ3v) is 4.25. The van der Waals surface area contributed by atoms with Gasteiger partial charge in [-0.1, -0.05) is 6.42 Å². The predicted octanol–water partition coefficient (Wildman–Crippen LogP) is 0.147. The molecule has 20 heavy (non-hydrogen) atoms. The number of piperidine rings is 1. The van der Waals surface area contributed by atoms with Crippen molar-refractivity contribution in [3.63, 3.8) is 0 Å². The SMILES string of the molecule is NC(=O)C1CCCN(C(=O)NC2CCCC2C(=O)O)C1. The molecular formula is C13H21N3O4. The van der Waals surface area contributed by atoms with Crippen LogP contribution in [0.25, 0.3) is 0 Å². The summed E-state index contributed by atoms with van der Waals surface area (Å²) in [5.41, 5.74) is 5.28. The summed E-state index contributed by atoms with van der Waals surface area (Å²) < 4.78 is 0. The number of amides is 3. The Morgan fingerprint density at radius 1 is 1.15 bits per heavy atom. The number of nitrogens with two attached hydrogens (primary N) is 1. The Bertz CT molecular complexity index is 412. The minimum atomic E-state index is -0.860. The maximum absolute atomic E-state index is 12.2. The molecule has 4 N–H and O–H groups in total. The van der Waals surface area contributed by atoms with Crippen LogP contribution in [0, 0.1) is 11.8 Å². The molecule has 0 aromatic carbocycles. The van der Waals surface area contributed by atoms with Crippen molar-refractivity contribution in [2.75, 3.05) is 13.1 Å². The number of carboxylic acids is 1. The predicted molar refractivity (Wildman–Crippen MR) is 70.8 cm³/mol. The molecule has 0 bridgehead atoms. The normalized spacial score (nSPS) is 30.0. The summed E-state index contributed by atoms with van der Waals surface area (Å²) in [4.78, 5) is 36.0. The molecule has 3 atom stereocenters. The van der Waals surface area contributed by atoms with Gasteiger partial charge < -0.3 is 21.1 Å². The minimum Gasteiger partial charge on any atom is -0.481 e. The molecule has 1 saturated heterocycles. The molecule has 0 aromatic rings. The molecule has 1 saturated carbocycles. The lowest BCUT2D eigenvalue weighted by Gasteiger charge is -2.32. The van der Waals surface area contributed by atoms with Crippen LogP contribution in [0.3, 0.4) is 0 Å². The van der Waals surface area contributed by atoms with Crippen molar-refractivity contribution in [2.24, 2.45) is 17.6 Å². The smallest absolute Gasteiger partial charge is 0.317 e. The van der Waals surface area contributed by atoms with Crippen molar-refractivity contribution < 1.29 is 19.5 Å². The summed E-state index contributed by atoms with van der Waals surface area (Å²) in [6, 6.07) is -0.594. The van der Waals surface area contributed by atoms with Gasteiger partial charge in [0, 0.05) is 19.1 Å². The quantitative estimate of drug-likeness (QED) is 0.684. The van der Waals surface area contributed by atoms with Crippen LogP contribution in [-0.2, 0) is 9.59 Å². The number of aliphatic carboxylic acids is 1. The topological polar surface area (TPSA) is 113 Å². The fraction of sp³-hybridized carbons (Fsp3) is 0.769. The van der Waals surface area contributed by atoms with E-state index in [1.54, 1.807) is 4.90 Å². The Kier molecular flexibility index (Phi) is 4.46. The van der Waals surface area contributed by atoms with Crippen molar-refractivity contribution in [1.29, 1.82) is 0 Å². The zero-order valence-electron chi connectivity index (χ0n) is 11.4. The number of nitrogens with one attached hydrogen (secondary N) is 1. The zero-order chi connectivity index (χ0) is 14.7. The molecule has 7 heteroatoms. The molecule has 0 spiro atoms. The van der Waals surface area contributed by atoms with Crippen LogP contribution in [0.2, 0.25) is 0 Å². The lowest BCUT2D eigenvalue weighted by atomic mass is 9.98. The number of primary amides is 1. The van der Waals surface area contributed by atoms with Crippen LogP contribution in [0.5, 0.6) is 0 Å². The highest BCUT2D eigenvalue weighted by atomic mass is 16.4. The van der Waals surface area contributed by atoms with Gasteiger partial charge in [-0.15, -0.1) is 0 Å². The van der Waals surface area contributed by atoms with Crippen molar-refractivity contribution in [3.05, 3.63) is 0 Å². The Balaban J connectivity index is 1.91. The number of likely N-dealkylation sites (tertiary alicyclic amines) is 1. The van der Waals surface area contributed by atoms with Crippen molar-refractivity contribution in [1.82, 2.24) is 10.2 Å². The van der Waals surface area contributed by atoms with Gasteiger partial charge in [0.1, 0.15) is 0 Å². The number of carbonyl (C=O) groups is 3. The molecule has 2 aliphatic rings. The van der Waals surface area contributed by atoms with Crippen LogP contribution in [0.4, 0.5) is 4.79 Å². The molecule has 3 unspecified atom stereocenters. The van der Waals surface area contributed by atoms with Gasteiger partial charge in [-0.25, -0.2) is 4.79 Å². The summed E-state index contributed by atoms with van der Waals surface area (Å²) in [7, 11) is 0. The van der Waals surface area contributed by atoms with Crippen LogP contribution < -0.4 is 11.1 Å². The largest absolute Gasteiger partial charge is 0.481 e. The van der Waals surface area contributed by atoms with E-state index in [4.69, 9.17) is 10.8 Å². The first kappa shape index (κ1) is 14.6. The van der Waals surface area contributed by atoms with E-state index in [0.29, 0.717) is 32.4 Å². The molecule has 7 nitrogen and oxygen atoms in total. The highest BCUT2D eigenvalue weighted by Gasteiger charge is 2.35. The van der Waals surface area contributed by atoms with E-state index in [1.807, 2.05) is 0 Å². The number of carboxylic acid groups (broad SMARTS) is 1. The average molecular weight is 283 g/mol. The zero-order valence-corrected chi connectivity index (χ0v) is 11.4. The lowest BCUT2D eigenvalue weighted by Crippen LogP contribution is -2.51. The molecule has 0 radical (unpaired) electrons. The van der Waals surface area contributed by atoms with Crippen LogP contribution in [0.1, 0.15) is 32.1 Å². The summed E-state index contributed by atoms with van der Waals surface area (Å²) in [6.07, 6.45) is 3.56. The standard InChI is InChI=1S/C13H21N3O4/c14-11(17)8-3-2-6-16(7-8)13(20)15-10-5-1-4-9(10)12(18)19/h8-10H,1-7H2,(H2,14,17)(H,15,20)(H,18,19). The summed E-state index contributed by atoms with van der Waals surface area (Å²) in [6.45, 7) is 0.908. The van der Waals surface area contributed by atoms with Crippen molar-refractivity contribution >= 4 is 17.9 Å². The molecule has 1 aliphatic heterocycles. The first-order chi connectivity index (χ1) is 9.49. The average Bonchev–Trinajstić information content (AvgIpc) is 2.87. The van der Waals surface area contributed by atoms with Crippen LogP contribution in [0.15, 0.2) is 0 Å². The number of hydrogen-bond acceptors (Lipinski definition) is 3. The number of nitrogens with zero attached hydrogens (tertiary/aromatic N) is 1. The van der Waals surface area contributed by atoms with Gasteiger partial charge in [0.15, 0.2) is 0 Å². The van der Waals surface area contributed by atoms with E-state index in [-0.39, 0.29) is 23.9 Å². The maximum atomic E-state index is 12.2. The van der Waals surface area contributed by atoms with Crippen LogP contribution in [-0.4, -0.2) is 47.0 Å². The fourth-order valence-corrected chi connectivity index (χ4v) is 3.07. The lowest BCUT2D eigenvalue weighted by molar-refractivity contribution is -0.142. The first-order valence-corrected chi connectivity index (χ1v) is 7.06. The van der Waals surface area contributed by atoms with Gasteiger partial charge in [-0.2, -0.15) is 0 Å². The first-order valence-electron chi connectivity index (χ1n) is 7.06. The van der Waals surface area contributed by atoms with Gasteiger partial charge in [0.2, 0.25) is 5.91 Å². The van der Waals surface area contributed by atoms with Crippen molar-refractivity contribution in [2.45, 2.75) is 38.1 Å². The molecule has 3 amide bonds. The monoisotopic (exact) mass is 283 g/mol.